The Morgan fingerprint density at radius 1 is 1.32 bits per heavy atom. The van der Waals surface area contributed by atoms with E-state index in [1.54, 1.807) is 0 Å². The molecule has 0 atom stereocenters. The fourth-order valence-corrected chi connectivity index (χ4v) is 2.28. The smallest absolute Gasteiger partial charge is 0.131 e. The summed E-state index contributed by atoms with van der Waals surface area (Å²) in [7, 11) is 0. The highest BCUT2D eigenvalue weighted by atomic mass is 16.6. The van der Waals surface area contributed by atoms with Gasteiger partial charge in [0.2, 0.25) is 0 Å². The molecule has 1 saturated heterocycles. The van der Waals surface area contributed by atoms with E-state index in [4.69, 9.17) is 4.84 Å². The van der Waals surface area contributed by atoms with Gasteiger partial charge in [0, 0.05) is 12.3 Å². The van der Waals surface area contributed by atoms with Crippen LogP contribution in [0.4, 0.5) is 0 Å². The molecule has 0 aromatic heterocycles. The van der Waals surface area contributed by atoms with Crippen molar-refractivity contribution in [1.29, 1.82) is 0 Å². The highest BCUT2D eigenvalue weighted by molar-refractivity contribution is 5.83. The van der Waals surface area contributed by atoms with E-state index in [0.717, 1.165) is 43.8 Å². The summed E-state index contributed by atoms with van der Waals surface area (Å²) < 4.78 is 0. The molecule has 0 aliphatic carbocycles. The van der Waals surface area contributed by atoms with E-state index in [1.165, 1.54) is 5.56 Å². The first-order valence-corrected chi connectivity index (χ1v) is 6.89. The Balaban J connectivity index is 1.82. The predicted octanol–water partition coefficient (Wildman–Crippen LogP) is 3.13. The predicted molar refractivity (Wildman–Crippen MR) is 79.1 cm³/mol. The van der Waals surface area contributed by atoms with Crippen molar-refractivity contribution in [3.8, 4) is 0 Å². The van der Waals surface area contributed by atoms with Crippen LogP contribution in [0.5, 0.6) is 0 Å². The van der Waals surface area contributed by atoms with Crippen molar-refractivity contribution < 1.29 is 4.84 Å². The molecule has 3 nitrogen and oxygen atoms in total. The summed E-state index contributed by atoms with van der Waals surface area (Å²) >= 11 is 0. The van der Waals surface area contributed by atoms with Gasteiger partial charge in [-0.25, -0.2) is 0 Å². The van der Waals surface area contributed by atoms with Gasteiger partial charge in [0.25, 0.3) is 0 Å². The Morgan fingerprint density at radius 2 is 2.00 bits per heavy atom. The lowest BCUT2D eigenvalue weighted by atomic mass is 9.97. The number of nitrogens with zero attached hydrogens (tertiary/aromatic N) is 1. The number of hydrogen-bond acceptors (Lipinski definition) is 3. The minimum Gasteiger partial charge on any atom is -0.362 e. The van der Waals surface area contributed by atoms with Crippen LogP contribution in [-0.4, -0.2) is 18.8 Å². The van der Waals surface area contributed by atoms with Crippen LogP contribution in [-0.2, 0) is 11.3 Å². The standard InChI is InChI=1S/C16H22N2O/c1-13(12-15-6-4-3-5-7-15)18-19-14(2)16-8-10-17-11-9-16/h3-7,16-17H,2,8-12H2,1H3/b18-13+. The molecule has 2 rings (SSSR count). The van der Waals surface area contributed by atoms with E-state index in [1.807, 2.05) is 25.1 Å². The van der Waals surface area contributed by atoms with Gasteiger partial charge in [-0.05, 0) is 38.4 Å². The lowest BCUT2D eigenvalue weighted by molar-refractivity contribution is 0.174. The molecular weight excluding hydrogens is 236 g/mol. The third kappa shape index (κ3) is 4.52. The molecule has 0 amide bonds. The van der Waals surface area contributed by atoms with E-state index in [0.29, 0.717) is 5.92 Å². The van der Waals surface area contributed by atoms with Crippen molar-refractivity contribution in [1.82, 2.24) is 5.32 Å². The summed E-state index contributed by atoms with van der Waals surface area (Å²) in [4.78, 5) is 5.48. The topological polar surface area (TPSA) is 33.6 Å². The van der Waals surface area contributed by atoms with Crippen LogP contribution in [0.25, 0.3) is 0 Å². The van der Waals surface area contributed by atoms with E-state index in [9.17, 15) is 0 Å². The summed E-state index contributed by atoms with van der Waals surface area (Å²) in [5.41, 5.74) is 2.22. The van der Waals surface area contributed by atoms with E-state index in [2.05, 4.69) is 29.2 Å². The maximum Gasteiger partial charge on any atom is 0.131 e. The number of piperidine rings is 1. The fraction of sp³-hybridized carbons (Fsp3) is 0.438. The average molecular weight is 258 g/mol. The zero-order valence-electron chi connectivity index (χ0n) is 11.6. The summed E-state index contributed by atoms with van der Waals surface area (Å²) in [5.74, 6) is 1.24. The molecule has 1 fully saturated rings. The summed E-state index contributed by atoms with van der Waals surface area (Å²) in [5, 5.41) is 7.53. The first-order chi connectivity index (χ1) is 9.25. The Hall–Kier alpha value is -1.61. The zero-order valence-corrected chi connectivity index (χ0v) is 11.6. The molecular formula is C16H22N2O. The Labute approximate surface area is 115 Å². The molecule has 1 N–H and O–H groups in total. The van der Waals surface area contributed by atoms with Gasteiger partial charge in [0.1, 0.15) is 5.76 Å². The summed E-state index contributed by atoms with van der Waals surface area (Å²) in [6.45, 7) is 8.07. The van der Waals surface area contributed by atoms with Crippen molar-refractivity contribution in [3.05, 3.63) is 48.2 Å². The molecule has 0 radical (unpaired) electrons. The quantitative estimate of drug-likeness (QED) is 0.500. The third-order valence-electron chi connectivity index (χ3n) is 3.42. The number of hydrogen-bond donors (Lipinski definition) is 1. The monoisotopic (exact) mass is 258 g/mol. The third-order valence-corrected chi connectivity index (χ3v) is 3.42. The average Bonchev–Trinajstić information content (AvgIpc) is 2.47. The highest BCUT2D eigenvalue weighted by Crippen LogP contribution is 2.21. The Morgan fingerprint density at radius 3 is 2.68 bits per heavy atom. The van der Waals surface area contributed by atoms with Gasteiger partial charge in [0.05, 0.1) is 5.71 Å². The normalized spacial score (nSPS) is 17.2. The first-order valence-electron chi connectivity index (χ1n) is 6.89. The second-order valence-corrected chi connectivity index (χ2v) is 5.07. The van der Waals surface area contributed by atoms with Crippen molar-refractivity contribution in [3.63, 3.8) is 0 Å². The lowest BCUT2D eigenvalue weighted by Gasteiger charge is -2.22. The van der Waals surface area contributed by atoms with Gasteiger partial charge in [-0.15, -0.1) is 0 Å². The number of allylic oxidation sites excluding steroid dienone is 1. The number of oxime groups is 1. The molecule has 1 heterocycles. The molecule has 1 aromatic rings. The van der Waals surface area contributed by atoms with Crippen molar-refractivity contribution in [2.75, 3.05) is 13.1 Å². The maximum absolute atomic E-state index is 5.48. The van der Waals surface area contributed by atoms with Gasteiger partial charge in [-0.3, -0.25) is 0 Å². The van der Waals surface area contributed by atoms with E-state index in [-0.39, 0.29) is 0 Å². The van der Waals surface area contributed by atoms with Crippen LogP contribution in [0.15, 0.2) is 47.8 Å². The van der Waals surface area contributed by atoms with E-state index >= 15 is 0 Å². The minimum atomic E-state index is 0.439. The van der Waals surface area contributed by atoms with Crippen LogP contribution < -0.4 is 5.32 Å². The number of rotatable bonds is 5. The van der Waals surface area contributed by atoms with Crippen molar-refractivity contribution in [2.24, 2.45) is 11.1 Å². The van der Waals surface area contributed by atoms with Gasteiger partial charge in [0.15, 0.2) is 0 Å². The van der Waals surface area contributed by atoms with Crippen molar-refractivity contribution >= 4 is 5.71 Å². The molecule has 1 aromatic carbocycles. The maximum atomic E-state index is 5.48. The SMILES string of the molecule is C=C(O/N=C(\C)Cc1ccccc1)C1CCNCC1. The second kappa shape index (κ2) is 7.10. The summed E-state index contributed by atoms with van der Waals surface area (Å²) in [6, 6.07) is 10.3. The minimum absolute atomic E-state index is 0.439. The highest BCUT2D eigenvalue weighted by Gasteiger charge is 2.17. The number of benzene rings is 1. The number of nitrogens with one attached hydrogen (secondary N) is 1. The Bertz CT molecular complexity index is 433. The molecule has 1 aliphatic rings. The molecule has 0 bridgehead atoms. The molecule has 0 unspecified atom stereocenters. The Kier molecular flexibility index (Phi) is 5.16. The molecule has 19 heavy (non-hydrogen) atoms. The van der Waals surface area contributed by atoms with Crippen LogP contribution >= 0.6 is 0 Å². The van der Waals surface area contributed by atoms with Gasteiger partial charge >= 0.3 is 0 Å². The van der Waals surface area contributed by atoms with Crippen LogP contribution in [0.1, 0.15) is 25.3 Å². The molecule has 1 aliphatic heterocycles. The molecule has 0 saturated carbocycles. The molecule has 3 heteroatoms. The van der Waals surface area contributed by atoms with Crippen LogP contribution in [0, 0.1) is 5.92 Å². The first kappa shape index (κ1) is 13.8. The van der Waals surface area contributed by atoms with Gasteiger partial charge in [-0.1, -0.05) is 42.1 Å². The second-order valence-electron chi connectivity index (χ2n) is 5.07. The molecule has 0 spiro atoms. The van der Waals surface area contributed by atoms with Crippen LogP contribution in [0.2, 0.25) is 0 Å². The van der Waals surface area contributed by atoms with Gasteiger partial charge < -0.3 is 10.2 Å². The van der Waals surface area contributed by atoms with Gasteiger partial charge in [-0.2, -0.15) is 0 Å². The van der Waals surface area contributed by atoms with Crippen LogP contribution in [0.3, 0.4) is 0 Å². The van der Waals surface area contributed by atoms with E-state index < -0.39 is 0 Å². The van der Waals surface area contributed by atoms with Crippen molar-refractivity contribution in [2.45, 2.75) is 26.2 Å². The lowest BCUT2D eigenvalue weighted by Crippen LogP contribution is -2.28. The zero-order chi connectivity index (χ0) is 13.5. The largest absolute Gasteiger partial charge is 0.362 e. The summed E-state index contributed by atoms with van der Waals surface area (Å²) in [6.07, 6.45) is 3.00. The molecule has 102 valence electrons. The fourth-order valence-electron chi connectivity index (χ4n) is 2.28.